The third-order valence-electron chi connectivity index (χ3n) is 2.39. The van der Waals surface area contributed by atoms with Crippen LogP contribution in [0.4, 0.5) is 0 Å². The standard InChI is InChI=1S/C13H13ClS/c1-10-4-6-11(7-5-10)9-12(14)13-3-2-8-15-13/h2-8,12H,9H2,1H3. The van der Waals surface area contributed by atoms with E-state index in [1.165, 1.54) is 16.0 Å². The van der Waals surface area contributed by atoms with Gasteiger partial charge in [0.05, 0.1) is 5.38 Å². The fourth-order valence-corrected chi connectivity index (χ4v) is 2.61. The lowest BCUT2D eigenvalue weighted by Gasteiger charge is -2.07. The molecule has 0 aliphatic carbocycles. The molecule has 2 aromatic rings. The Kier molecular flexibility index (Phi) is 3.45. The van der Waals surface area contributed by atoms with Gasteiger partial charge in [-0.25, -0.2) is 0 Å². The number of rotatable bonds is 3. The van der Waals surface area contributed by atoms with Gasteiger partial charge in [-0.3, -0.25) is 0 Å². The third kappa shape index (κ3) is 2.83. The van der Waals surface area contributed by atoms with E-state index in [2.05, 4.69) is 42.6 Å². The summed E-state index contributed by atoms with van der Waals surface area (Å²) in [6.07, 6.45) is 0.905. The Balaban J connectivity index is 2.06. The van der Waals surface area contributed by atoms with Crippen LogP contribution in [-0.4, -0.2) is 0 Å². The van der Waals surface area contributed by atoms with E-state index in [1.807, 2.05) is 6.07 Å². The highest BCUT2D eigenvalue weighted by atomic mass is 35.5. The minimum absolute atomic E-state index is 0.104. The smallest absolute Gasteiger partial charge is 0.0718 e. The highest BCUT2D eigenvalue weighted by molar-refractivity contribution is 7.10. The summed E-state index contributed by atoms with van der Waals surface area (Å²) in [6.45, 7) is 2.10. The minimum Gasteiger partial charge on any atom is -0.147 e. The summed E-state index contributed by atoms with van der Waals surface area (Å²) < 4.78 is 0. The Hall–Kier alpha value is -0.790. The van der Waals surface area contributed by atoms with Crippen molar-refractivity contribution in [2.24, 2.45) is 0 Å². The van der Waals surface area contributed by atoms with E-state index in [-0.39, 0.29) is 5.38 Å². The van der Waals surface area contributed by atoms with Gasteiger partial charge in [0.1, 0.15) is 0 Å². The first-order valence-electron chi connectivity index (χ1n) is 4.99. The number of hydrogen-bond acceptors (Lipinski definition) is 1. The summed E-state index contributed by atoms with van der Waals surface area (Å²) in [7, 11) is 0. The molecular weight excluding hydrogens is 224 g/mol. The van der Waals surface area contributed by atoms with Crippen LogP contribution in [0.2, 0.25) is 0 Å². The van der Waals surface area contributed by atoms with Crippen LogP contribution < -0.4 is 0 Å². The van der Waals surface area contributed by atoms with Crippen molar-refractivity contribution in [1.82, 2.24) is 0 Å². The second-order valence-electron chi connectivity index (χ2n) is 3.67. The lowest BCUT2D eigenvalue weighted by molar-refractivity contribution is 0.939. The molecule has 0 aliphatic rings. The number of halogens is 1. The van der Waals surface area contributed by atoms with Crippen LogP contribution in [0.25, 0.3) is 0 Å². The van der Waals surface area contributed by atoms with Crippen molar-refractivity contribution in [3.8, 4) is 0 Å². The maximum absolute atomic E-state index is 6.33. The van der Waals surface area contributed by atoms with Crippen LogP contribution in [-0.2, 0) is 6.42 Å². The maximum atomic E-state index is 6.33. The van der Waals surface area contributed by atoms with Crippen molar-refractivity contribution >= 4 is 22.9 Å². The molecule has 2 heteroatoms. The topological polar surface area (TPSA) is 0 Å². The molecule has 0 amide bonds. The fraction of sp³-hybridized carbons (Fsp3) is 0.231. The minimum atomic E-state index is 0.104. The molecule has 0 spiro atoms. The molecule has 0 saturated heterocycles. The SMILES string of the molecule is Cc1ccc(CC(Cl)c2cccs2)cc1. The number of benzene rings is 1. The lowest BCUT2D eigenvalue weighted by Crippen LogP contribution is -1.93. The molecule has 78 valence electrons. The highest BCUT2D eigenvalue weighted by Crippen LogP contribution is 2.28. The van der Waals surface area contributed by atoms with E-state index >= 15 is 0 Å². The molecule has 2 rings (SSSR count). The van der Waals surface area contributed by atoms with Crippen LogP contribution in [0.15, 0.2) is 41.8 Å². The van der Waals surface area contributed by atoms with Gasteiger partial charge in [0.25, 0.3) is 0 Å². The van der Waals surface area contributed by atoms with E-state index in [9.17, 15) is 0 Å². The molecule has 1 unspecified atom stereocenters. The molecule has 0 aliphatic heterocycles. The van der Waals surface area contributed by atoms with E-state index in [4.69, 9.17) is 11.6 Å². The first-order chi connectivity index (χ1) is 7.25. The van der Waals surface area contributed by atoms with Gasteiger partial charge in [-0.15, -0.1) is 22.9 Å². The molecule has 1 aromatic carbocycles. The molecular formula is C13H13ClS. The second kappa shape index (κ2) is 4.82. The Morgan fingerprint density at radius 1 is 1.20 bits per heavy atom. The molecule has 0 saturated carbocycles. The molecule has 0 bridgehead atoms. The van der Waals surface area contributed by atoms with E-state index < -0.39 is 0 Å². The van der Waals surface area contributed by atoms with Crippen LogP contribution in [0, 0.1) is 6.92 Å². The normalized spacial score (nSPS) is 12.7. The molecule has 0 fully saturated rings. The maximum Gasteiger partial charge on any atom is 0.0718 e. The first-order valence-corrected chi connectivity index (χ1v) is 6.30. The van der Waals surface area contributed by atoms with Gasteiger partial charge in [0.2, 0.25) is 0 Å². The predicted molar refractivity (Wildman–Crippen MR) is 67.8 cm³/mol. The number of alkyl halides is 1. The molecule has 1 heterocycles. The molecule has 1 atom stereocenters. The number of aryl methyl sites for hydroxylation is 1. The Morgan fingerprint density at radius 2 is 1.93 bits per heavy atom. The monoisotopic (exact) mass is 236 g/mol. The molecule has 15 heavy (non-hydrogen) atoms. The van der Waals surface area contributed by atoms with Gasteiger partial charge in [-0.05, 0) is 30.4 Å². The van der Waals surface area contributed by atoms with Crippen LogP contribution >= 0.6 is 22.9 Å². The van der Waals surface area contributed by atoms with Crippen LogP contribution in [0.3, 0.4) is 0 Å². The largest absolute Gasteiger partial charge is 0.147 e. The van der Waals surface area contributed by atoms with Crippen molar-refractivity contribution in [3.05, 3.63) is 57.8 Å². The zero-order valence-corrected chi connectivity index (χ0v) is 10.2. The van der Waals surface area contributed by atoms with Crippen molar-refractivity contribution in [1.29, 1.82) is 0 Å². The summed E-state index contributed by atoms with van der Waals surface area (Å²) >= 11 is 8.05. The Labute approximate surface area is 99.5 Å². The summed E-state index contributed by atoms with van der Waals surface area (Å²) in [5.74, 6) is 0. The van der Waals surface area contributed by atoms with Crippen molar-refractivity contribution < 1.29 is 0 Å². The summed E-state index contributed by atoms with van der Waals surface area (Å²) in [5.41, 5.74) is 2.59. The fourth-order valence-electron chi connectivity index (χ4n) is 1.50. The summed E-state index contributed by atoms with van der Waals surface area (Å²) in [5, 5.41) is 2.17. The van der Waals surface area contributed by atoms with E-state index in [1.54, 1.807) is 11.3 Å². The van der Waals surface area contributed by atoms with E-state index in [0.717, 1.165) is 6.42 Å². The van der Waals surface area contributed by atoms with Crippen molar-refractivity contribution in [3.63, 3.8) is 0 Å². The average Bonchev–Trinajstić information content (AvgIpc) is 2.74. The highest BCUT2D eigenvalue weighted by Gasteiger charge is 2.09. The molecule has 0 N–H and O–H groups in total. The Morgan fingerprint density at radius 3 is 2.53 bits per heavy atom. The van der Waals surface area contributed by atoms with Gasteiger partial charge in [0.15, 0.2) is 0 Å². The van der Waals surface area contributed by atoms with Gasteiger partial charge in [-0.1, -0.05) is 35.9 Å². The number of thiophene rings is 1. The second-order valence-corrected chi connectivity index (χ2v) is 5.18. The average molecular weight is 237 g/mol. The van der Waals surface area contributed by atoms with Gasteiger partial charge in [0, 0.05) is 4.88 Å². The molecule has 1 aromatic heterocycles. The number of hydrogen-bond donors (Lipinski definition) is 0. The lowest BCUT2D eigenvalue weighted by atomic mass is 10.1. The first kappa shape index (κ1) is 10.7. The Bertz CT molecular complexity index is 403. The van der Waals surface area contributed by atoms with Crippen LogP contribution in [0.5, 0.6) is 0 Å². The van der Waals surface area contributed by atoms with Gasteiger partial charge in [-0.2, -0.15) is 0 Å². The quantitative estimate of drug-likeness (QED) is 0.685. The summed E-state index contributed by atoms with van der Waals surface area (Å²) in [6, 6.07) is 12.7. The van der Waals surface area contributed by atoms with Crippen molar-refractivity contribution in [2.45, 2.75) is 18.7 Å². The zero-order valence-electron chi connectivity index (χ0n) is 8.61. The van der Waals surface area contributed by atoms with Gasteiger partial charge < -0.3 is 0 Å². The molecule has 0 radical (unpaired) electrons. The third-order valence-corrected chi connectivity index (χ3v) is 3.89. The van der Waals surface area contributed by atoms with Crippen LogP contribution in [0.1, 0.15) is 21.4 Å². The molecule has 0 nitrogen and oxygen atoms in total. The van der Waals surface area contributed by atoms with Gasteiger partial charge >= 0.3 is 0 Å². The zero-order chi connectivity index (χ0) is 10.7. The van der Waals surface area contributed by atoms with Crippen molar-refractivity contribution in [2.75, 3.05) is 0 Å². The summed E-state index contributed by atoms with van der Waals surface area (Å²) in [4.78, 5) is 1.25. The predicted octanol–water partition coefficient (Wildman–Crippen LogP) is 4.58. The van der Waals surface area contributed by atoms with E-state index in [0.29, 0.717) is 0 Å².